The summed E-state index contributed by atoms with van der Waals surface area (Å²) in [7, 11) is 2.18. The van der Waals surface area contributed by atoms with Gasteiger partial charge in [0.1, 0.15) is 0 Å². The third-order valence-electron chi connectivity index (χ3n) is 4.05. The molecule has 0 aromatic carbocycles. The molecule has 4 nitrogen and oxygen atoms in total. The van der Waals surface area contributed by atoms with Gasteiger partial charge in [0.2, 0.25) is 5.91 Å². The van der Waals surface area contributed by atoms with E-state index in [1.807, 2.05) is 20.8 Å². The topological polar surface area (TPSA) is 58.4 Å². The molecule has 0 fully saturated rings. The first kappa shape index (κ1) is 19.4. The van der Waals surface area contributed by atoms with Crippen molar-refractivity contribution in [3.8, 4) is 0 Å². The lowest BCUT2D eigenvalue weighted by molar-refractivity contribution is -0.124. The molecular weight excluding hydrogens is 250 g/mol. The van der Waals surface area contributed by atoms with Crippen molar-refractivity contribution in [1.82, 2.24) is 10.2 Å². The molecule has 0 saturated carbocycles. The Bertz CT molecular complexity index is 281. The van der Waals surface area contributed by atoms with Gasteiger partial charge in [-0.15, -0.1) is 0 Å². The molecule has 120 valence electrons. The number of carbonyl (C=O) groups excluding carboxylic acids is 1. The van der Waals surface area contributed by atoms with E-state index in [1.54, 1.807) is 0 Å². The zero-order valence-electron chi connectivity index (χ0n) is 14.3. The van der Waals surface area contributed by atoms with E-state index in [-0.39, 0.29) is 11.9 Å². The molecule has 0 aromatic heterocycles. The molecule has 2 unspecified atom stereocenters. The van der Waals surface area contributed by atoms with Crippen molar-refractivity contribution in [3.05, 3.63) is 0 Å². The van der Waals surface area contributed by atoms with Crippen LogP contribution < -0.4 is 11.1 Å². The molecule has 0 bridgehead atoms. The summed E-state index contributed by atoms with van der Waals surface area (Å²) in [5, 5.41) is 3.30. The Morgan fingerprint density at radius 3 is 2.35 bits per heavy atom. The first-order valence-electron chi connectivity index (χ1n) is 8.00. The van der Waals surface area contributed by atoms with Crippen LogP contribution in [0.3, 0.4) is 0 Å². The molecule has 0 heterocycles. The van der Waals surface area contributed by atoms with Gasteiger partial charge >= 0.3 is 0 Å². The Labute approximate surface area is 125 Å². The lowest BCUT2D eigenvalue weighted by atomic mass is 9.93. The van der Waals surface area contributed by atoms with Gasteiger partial charge in [-0.1, -0.05) is 13.3 Å². The van der Waals surface area contributed by atoms with Crippen LogP contribution in [-0.4, -0.2) is 42.0 Å². The van der Waals surface area contributed by atoms with E-state index < -0.39 is 5.54 Å². The monoisotopic (exact) mass is 285 g/mol. The molecule has 0 spiro atoms. The van der Waals surface area contributed by atoms with Gasteiger partial charge in [-0.05, 0) is 67.0 Å². The smallest absolute Gasteiger partial charge is 0.237 e. The SMILES string of the molecule is CCCC(C)N(C)CCCCC(C)(NC(C)C)C(N)=O. The third-order valence-corrected chi connectivity index (χ3v) is 4.05. The number of rotatable bonds is 11. The summed E-state index contributed by atoms with van der Waals surface area (Å²) in [6, 6.07) is 0.899. The van der Waals surface area contributed by atoms with Crippen LogP contribution >= 0.6 is 0 Å². The maximum atomic E-state index is 11.6. The van der Waals surface area contributed by atoms with E-state index >= 15 is 0 Å². The molecule has 0 aliphatic rings. The Morgan fingerprint density at radius 2 is 1.90 bits per heavy atom. The first-order chi connectivity index (χ1) is 9.23. The lowest BCUT2D eigenvalue weighted by Crippen LogP contribution is -2.55. The highest BCUT2D eigenvalue weighted by molar-refractivity contribution is 5.84. The number of nitrogens with zero attached hydrogens (tertiary/aromatic N) is 1. The molecule has 0 aliphatic heterocycles. The minimum Gasteiger partial charge on any atom is -0.368 e. The van der Waals surface area contributed by atoms with Gasteiger partial charge in [-0.2, -0.15) is 0 Å². The van der Waals surface area contributed by atoms with E-state index in [9.17, 15) is 4.79 Å². The van der Waals surface area contributed by atoms with Crippen molar-refractivity contribution >= 4 is 5.91 Å². The zero-order chi connectivity index (χ0) is 15.8. The second-order valence-corrected chi connectivity index (χ2v) is 6.57. The molecule has 0 aromatic rings. The Kier molecular flexibility index (Phi) is 9.06. The largest absolute Gasteiger partial charge is 0.368 e. The molecule has 2 atom stereocenters. The maximum absolute atomic E-state index is 11.6. The average molecular weight is 285 g/mol. The number of hydrogen-bond acceptors (Lipinski definition) is 3. The van der Waals surface area contributed by atoms with Gasteiger partial charge in [0.15, 0.2) is 0 Å². The fourth-order valence-corrected chi connectivity index (χ4v) is 2.60. The predicted octanol–water partition coefficient (Wildman–Crippen LogP) is 2.52. The first-order valence-corrected chi connectivity index (χ1v) is 8.00. The molecular formula is C16H35N3O. The fourth-order valence-electron chi connectivity index (χ4n) is 2.60. The van der Waals surface area contributed by atoms with Crippen LogP contribution in [0.2, 0.25) is 0 Å². The van der Waals surface area contributed by atoms with Crippen molar-refractivity contribution in [2.75, 3.05) is 13.6 Å². The molecule has 4 heteroatoms. The van der Waals surface area contributed by atoms with Crippen LogP contribution in [-0.2, 0) is 4.79 Å². The molecule has 0 aliphatic carbocycles. The highest BCUT2D eigenvalue weighted by Crippen LogP contribution is 2.15. The van der Waals surface area contributed by atoms with E-state index in [0.29, 0.717) is 6.04 Å². The predicted molar refractivity (Wildman–Crippen MR) is 86.7 cm³/mol. The number of unbranched alkanes of at least 4 members (excludes halogenated alkanes) is 1. The van der Waals surface area contributed by atoms with Crippen molar-refractivity contribution in [2.24, 2.45) is 5.73 Å². The number of carbonyl (C=O) groups is 1. The van der Waals surface area contributed by atoms with Crippen molar-refractivity contribution in [2.45, 2.75) is 84.3 Å². The van der Waals surface area contributed by atoms with Crippen molar-refractivity contribution < 1.29 is 4.79 Å². The minimum absolute atomic E-state index is 0.251. The van der Waals surface area contributed by atoms with Crippen LogP contribution in [0.25, 0.3) is 0 Å². The summed E-state index contributed by atoms with van der Waals surface area (Å²) in [4.78, 5) is 14.0. The quantitative estimate of drug-likeness (QED) is 0.574. The van der Waals surface area contributed by atoms with Crippen LogP contribution in [0.15, 0.2) is 0 Å². The van der Waals surface area contributed by atoms with E-state index in [4.69, 9.17) is 5.73 Å². The normalized spacial score (nSPS) is 16.4. The lowest BCUT2D eigenvalue weighted by Gasteiger charge is -2.30. The number of amides is 1. The molecule has 1 amide bonds. The summed E-state index contributed by atoms with van der Waals surface area (Å²) in [5.41, 5.74) is 4.96. The summed E-state index contributed by atoms with van der Waals surface area (Å²) >= 11 is 0. The Morgan fingerprint density at radius 1 is 1.30 bits per heavy atom. The van der Waals surface area contributed by atoms with Crippen molar-refractivity contribution in [1.29, 1.82) is 0 Å². The highest BCUT2D eigenvalue weighted by Gasteiger charge is 2.30. The molecule has 0 radical (unpaired) electrons. The van der Waals surface area contributed by atoms with Crippen LogP contribution in [0, 0.1) is 0 Å². The van der Waals surface area contributed by atoms with Gasteiger partial charge < -0.3 is 16.0 Å². The van der Waals surface area contributed by atoms with Crippen LogP contribution in [0.1, 0.15) is 66.7 Å². The van der Waals surface area contributed by atoms with Gasteiger partial charge in [-0.3, -0.25) is 4.79 Å². The molecule has 0 rings (SSSR count). The summed E-state index contributed by atoms with van der Waals surface area (Å²) in [6.07, 6.45) is 5.39. The maximum Gasteiger partial charge on any atom is 0.237 e. The average Bonchev–Trinajstić information content (AvgIpc) is 2.33. The number of nitrogens with one attached hydrogen (secondary N) is 1. The Hall–Kier alpha value is -0.610. The van der Waals surface area contributed by atoms with E-state index in [1.165, 1.54) is 12.8 Å². The van der Waals surface area contributed by atoms with Gasteiger partial charge in [0, 0.05) is 12.1 Å². The Balaban J connectivity index is 4.10. The van der Waals surface area contributed by atoms with Crippen molar-refractivity contribution in [3.63, 3.8) is 0 Å². The van der Waals surface area contributed by atoms with Gasteiger partial charge in [0.05, 0.1) is 5.54 Å². The number of primary amides is 1. The van der Waals surface area contributed by atoms with E-state index in [0.717, 1.165) is 25.8 Å². The summed E-state index contributed by atoms with van der Waals surface area (Å²) in [6.45, 7) is 11.6. The molecule has 3 N–H and O–H groups in total. The van der Waals surface area contributed by atoms with Crippen LogP contribution in [0.4, 0.5) is 0 Å². The second-order valence-electron chi connectivity index (χ2n) is 6.57. The fraction of sp³-hybridized carbons (Fsp3) is 0.938. The summed E-state index contributed by atoms with van der Waals surface area (Å²) in [5.74, 6) is -0.251. The van der Waals surface area contributed by atoms with Gasteiger partial charge in [-0.25, -0.2) is 0 Å². The minimum atomic E-state index is -0.582. The summed E-state index contributed by atoms with van der Waals surface area (Å²) < 4.78 is 0. The molecule has 0 saturated heterocycles. The molecule has 20 heavy (non-hydrogen) atoms. The van der Waals surface area contributed by atoms with Crippen LogP contribution in [0.5, 0.6) is 0 Å². The third kappa shape index (κ3) is 7.25. The second kappa shape index (κ2) is 9.35. The zero-order valence-corrected chi connectivity index (χ0v) is 14.3. The van der Waals surface area contributed by atoms with E-state index in [2.05, 4.69) is 31.1 Å². The standard InChI is InChI=1S/C16H35N3O/c1-7-10-14(4)19(6)12-9-8-11-16(5,15(17)20)18-13(2)3/h13-14,18H,7-12H2,1-6H3,(H2,17,20). The number of nitrogens with two attached hydrogens (primary N) is 1. The van der Waals surface area contributed by atoms with Gasteiger partial charge in [0.25, 0.3) is 0 Å². The number of hydrogen-bond donors (Lipinski definition) is 2. The highest BCUT2D eigenvalue weighted by atomic mass is 16.1.